The first-order valence-electron chi connectivity index (χ1n) is 9.66. The molecule has 0 saturated carbocycles. The molecule has 7 heteroatoms. The number of fused-ring (bicyclic) bond motifs is 1. The molecule has 0 aromatic heterocycles. The Balaban J connectivity index is 1.57. The van der Waals surface area contributed by atoms with E-state index in [-0.39, 0.29) is 5.91 Å². The molecular formula is C23H22N2O4S. The summed E-state index contributed by atoms with van der Waals surface area (Å²) >= 11 is 0. The SMILES string of the molecule is CS(=O)(=O)N1CCCc2cc(C(=O)Nc3ccccc3Oc3ccccc3)ccc21. The van der Waals surface area contributed by atoms with Gasteiger partial charge in [-0.1, -0.05) is 30.3 Å². The van der Waals surface area contributed by atoms with E-state index < -0.39 is 10.0 Å². The van der Waals surface area contributed by atoms with Crippen molar-refractivity contribution < 1.29 is 17.9 Å². The lowest BCUT2D eigenvalue weighted by atomic mass is 10.0. The van der Waals surface area contributed by atoms with Crippen LogP contribution in [0.4, 0.5) is 11.4 Å². The standard InChI is InChI=1S/C23H22N2O4S/c1-30(27,28)25-15-7-8-17-16-18(13-14-21(17)25)23(26)24-20-11-5-6-12-22(20)29-19-9-3-2-4-10-19/h2-6,9-14,16H,7-8,15H2,1H3,(H,24,26). The van der Waals surface area contributed by atoms with E-state index in [0.717, 1.165) is 18.4 Å². The molecular weight excluding hydrogens is 400 g/mol. The summed E-state index contributed by atoms with van der Waals surface area (Å²) in [4.78, 5) is 12.9. The smallest absolute Gasteiger partial charge is 0.255 e. The summed E-state index contributed by atoms with van der Waals surface area (Å²) in [6.07, 6.45) is 2.65. The van der Waals surface area contributed by atoms with Crippen LogP contribution in [0.5, 0.6) is 11.5 Å². The highest BCUT2D eigenvalue weighted by Crippen LogP contribution is 2.32. The van der Waals surface area contributed by atoms with Crippen molar-refractivity contribution in [2.45, 2.75) is 12.8 Å². The number of carbonyl (C=O) groups is 1. The van der Waals surface area contributed by atoms with E-state index in [4.69, 9.17) is 4.74 Å². The van der Waals surface area contributed by atoms with Gasteiger partial charge in [0.15, 0.2) is 5.75 Å². The van der Waals surface area contributed by atoms with Crippen LogP contribution in [0.25, 0.3) is 0 Å². The van der Waals surface area contributed by atoms with Crippen LogP contribution in [0.2, 0.25) is 0 Å². The van der Waals surface area contributed by atoms with Crippen LogP contribution in [-0.2, 0) is 16.4 Å². The molecule has 0 unspecified atom stereocenters. The second kappa shape index (κ2) is 8.20. The Morgan fingerprint density at radius 2 is 1.73 bits per heavy atom. The van der Waals surface area contributed by atoms with Gasteiger partial charge in [-0.25, -0.2) is 8.42 Å². The number of sulfonamides is 1. The van der Waals surface area contributed by atoms with Gasteiger partial charge < -0.3 is 10.1 Å². The first-order valence-corrected chi connectivity index (χ1v) is 11.5. The second-order valence-corrected chi connectivity index (χ2v) is 9.05. The zero-order chi connectivity index (χ0) is 21.1. The Hall–Kier alpha value is -3.32. The lowest BCUT2D eigenvalue weighted by Crippen LogP contribution is -2.34. The van der Waals surface area contributed by atoms with Gasteiger partial charge in [-0.3, -0.25) is 9.10 Å². The van der Waals surface area contributed by atoms with Gasteiger partial charge in [-0.15, -0.1) is 0 Å². The number of anilines is 2. The minimum atomic E-state index is -3.34. The van der Waals surface area contributed by atoms with E-state index in [9.17, 15) is 13.2 Å². The highest BCUT2D eigenvalue weighted by Gasteiger charge is 2.24. The topological polar surface area (TPSA) is 75.7 Å². The van der Waals surface area contributed by atoms with Crippen LogP contribution in [0.15, 0.2) is 72.8 Å². The summed E-state index contributed by atoms with van der Waals surface area (Å²) in [5, 5.41) is 2.90. The van der Waals surface area contributed by atoms with Crippen LogP contribution in [0.1, 0.15) is 22.3 Å². The summed E-state index contributed by atoms with van der Waals surface area (Å²) in [5.41, 5.74) is 2.53. The highest BCUT2D eigenvalue weighted by atomic mass is 32.2. The van der Waals surface area contributed by atoms with Crippen molar-refractivity contribution in [2.75, 3.05) is 22.4 Å². The van der Waals surface area contributed by atoms with Crippen LogP contribution in [-0.4, -0.2) is 27.1 Å². The number of nitrogens with zero attached hydrogens (tertiary/aromatic N) is 1. The van der Waals surface area contributed by atoms with Crippen molar-refractivity contribution in [1.82, 2.24) is 0 Å². The highest BCUT2D eigenvalue weighted by molar-refractivity contribution is 7.92. The third kappa shape index (κ3) is 4.31. The fourth-order valence-electron chi connectivity index (χ4n) is 3.52. The molecule has 0 aliphatic carbocycles. The molecule has 0 atom stereocenters. The number of nitrogens with one attached hydrogen (secondary N) is 1. The van der Waals surface area contributed by atoms with Gasteiger partial charge in [0, 0.05) is 12.1 Å². The number of hydrogen-bond acceptors (Lipinski definition) is 4. The minimum absolute atomic E-state index is 0.279. The predicted molar refractivity (Wildman–Crippen MR) is 118 cm³/mol. The molecule has 1 N–H and O–H groups in total. The third-order valence-corrected chi connectivity index (χ3v) is 6.10. The zero-order valence-electron chi connectivity index (χ0n) is 16.5. The van der Waals surface area contributed by atoms with Gasteiger partial charge >= 0.3 is 0 Å². The molecule has 0 spiro atoms. The Kier molecular flexibility index (Phi) is 5.46. The molecule has 1 amide bonds. The summed E-state index contributed by atoms with van der Waals surface area (Å²) in [6.45, 7) is 0.460. The van der Waals surface area contributed by atoms with Crippen LogP contribution >= 0.6 is 0 Å². The van der Waals surface area contributed by atoms with Gasteiger partial charge in [0.25, 0.3) is 5.91 Å². The van der Waals surface area contributed by atoms with Crippen molar-refractivity contribution in [1.29, 1.82) is 0 Å². The van der Waals surface area contributed by atoms with E-state index in [1.54, 1.807) is 30.3 Å². The van der Waals surface area contributed by atoms with Crippen molar-refractivity contribution in [2.24, 2.45) is 0 Å². The Labute approximate surface area is 176 Å². The quantitative estimate of drug-likeness (QED) is 0.659. The fraction of sp³-hybridized carbons (Fsp3) is 0.174. The van der Waals surface area contributed by atoms with Gasteiger partial charge in [0.1, 0.15) is 5.75 Å². The molecule has 154 valence electrons. The number of aryl methyl sites for hydroxylation is 1. The first kappa shape index (κ1) is 20.0. The summed E-state index contributed by atoms with van der Waals surface area (Å²) in [7, 11) is -3.34. The summed E-state index contributed by atoms with van der Waals surface area (Å²) < 4.78 is 31.4. The average molecular weight is 423 g/mol. The largest absolute Gasteiger partial charge is 0.455 e. The minimum Gasteiger partial charge on any atom is -0.455 e. The molecule has 4 rings (SSSR count). The molecule has 6 nitrogen and oxygen atoms in total. The Morgan fingerprint density at radius 1 is 1.00 bits per heavy atom. The summed E-state index contributed by atoms with van der Waals surface area (Å²) in [6, 6.07) is 21.7. The van der Waals surface area contributed by atoms with E-state index in [2.05, 4.69) is 5.32 Å². The van der Waals surface area contributed by atoms with E-state index in [1.807, 2.05) is 42.5 Å². The van der Waals surface area contributed by atoms with Crippen LogP contribution in [0.3, 0.4) is 0 Å². The monoisotopic (exact) mass is 422 g/mol. The molecule has 1 aliphatic rings. The van der Waals surface area contributed by atoms with Crippen molar-refractivity contribution in [3.05, 3.63) is 83.9 Å². The number of para-hydroxylation sites is 3. The van der Waals surface area contributed by atoms with Gasteiger partial charge in [-0.05, 0) is 60.9 Å². The lowest BCUT2D eigenvalue weighted by Gasteiger charge is -2.29. The molecule has 3 aromatic rings. The number of hydrogen-bond donors (Lipinski definition) is 1. The number of benzene rings is 3. The molecule has 0 bridgehead atoms. The van der Waals surface area contributed by atoms with E-state index in [1.165, 1.54) is 10.6 Å². The Morgan fingerprint density at radius 3 is 2.50 bits per heavy atom. The second-order valence-electron chi connectivity index (χ2n) is 7.15. The molecule has 0 radical (unpaired) electrons. The first-order chi connectivity index (χ1) is 14.4. The molecule has 1 aliphatic heterocycles. The lowest BCUT2D eigenvalue weighted by molar-refractivity contribution is 0.102. The van der Waals surface area contributed by atoms with Crippen molar-refractivity contribution >= 4 is 27.3 Å². The van der Waals surface area contributed by atoms with Crippen molar-refractivity contribution in [3.63, 3.8) is 0 Å². The number of carbonyl (C=O) groups excluding carboxylic acids is 1. The Bertz CT molecular complexity index is 1180. The fourth-order valence-corrected chi connectivity index (χ4v) is 4.51. The number of amides is 1. The van der Waals surface area contributed by atoms with Crippen LogP contribution in [0, 0.1) is 0 Å². The van der Waals surface area contributed by atoms with Gasteiger partial charge in [0.05, 0.1) is 17.6 Å². The molecule has 0 fully saturated rings. The maximum Gasteiger partial charge on any atom is 0.255 e. The third-order valence-electron chi connectivity index (χ3n) is 4.92. The molecule has 1 heterocycles. The zero-order valence-corrected chi connectivity index (χ0v) is 17.4. The number of ether oxygens (including phenoxy) is 1. The van der Waals surface area contributed by atoms with Crippen LogP contribution < -0.4 is 14.4 Å². The predicted octanol–water partition coefficient (Wildman–Crippen LogP) is 4.44. The van der Waals surface area contributed by atoms with Crippen molar-refractivity contribution in [3.8, 4) is 11.5 Å². The maximum atomic E-state index is 12.9. The van der Waals surface area contributed by atoms with Gasteiger partial charge in [0.2, 0.25) is 10.0 Å². The molecule has 0 saturated heterocycles. The van der Waals surface area contributed by atoms with E-state index in [0.29, 0.717) is 35.0 Å². The normalized spacial score (nSPS) is 13.4. The maximum absolute atomic E-state index is 12.9. The van der Waals surface area contributed by atoms with Gasteiger partial charge in [-0.2, -0.15) is 0 Å². The molecule has 3 aromatic carbocycles. The number of rotatable bonds is 5. The molecule has 30 heavy (non-hydrogen) atoms. The average Bonchev–Trinajstić information content (AvgIpc) is 2.74. The summed E-state index contributed by atoms with van der Waals surface area (Å²) in [5.74, 6) is 0.936. The van der Waals surface area contributed by atoms with E-state index >= 15 is 0 Å².